The number of aryl methyl sites for hydroxylation is 2. The van der Waals surface area contributed by atoms with Crippen LogP contribution in [0.1, 0.15) is 34.1 Å². The lowest BCUT2D eigenvalue weighted by Crippen LogP contribution is -2.39. The van der Waals surface area contributed by atoms with Crippen molar-refractivity contribution in [2.24, 2.45) is 0 Å². The van der Waals surface area contributed by atoms with Crippen molar-refractivity contribution in [3.63, 3.8) is 0 Å². The van der Waals surface area contributed by atoms with Gasteiger partial charge in [0.1, 0.15) is 11.6 Å². The summed E-state index contributed by atoms with van der Waals surface area (Å²) in [6, 6.07) is 31.5. The lowest BCUT2D eigenvalue weighted by Gasteiger charge is -2.38. The summed E-state index contributed by atoms with van der Waals surface area (Å²) >= 11 is 0. The van der Waals surface area contributed by atoms with Gasteiger partial charge in [0.2, 0.25) is 0 Å². The number of benzene rings is 3. The van der Waals surface area contributed by atoms with Crippen molar-refractivity contribution < 1.29 is 5.11 Å². The quantitative estimate of drug-likeness (QED) is 0.537. The minimum absolute atomic E-state index is 0.410. The molecule has 28 heavy (non-hydrogen) atoms. The summed E-state index contributed by atoms with van der Waals surface area (Å²) in [6.07, 6.45) is 0. The fourth-order valence-electron chi connectivity index (χ4n) is 3.97. The van der Waals surface area contributed by atoms with Crippen molar-refractivity contribution in [2.45, 2.75) is 25.5 Å². The van der Waals surface area contributed by atoms with Crippen molar-refractivity contribution in [2.75, 3.05) is 0 Å². The van der Waals surface area contributed by atoms with Gasteiger partial charge in [-0.1, -0.05) is 91.0 Å². The molecule has 3 aromatic carbocycles. The summed E-state index contributed by atoms with van der Waals surface area (Å²) in [5, 5.41) is 17.2. The zero-order valence-electron chi connectivity index (χ0n) is 16.2. The molecule has 4 aromatic rings. The van der Waals surface area contributed by atoms with Crippen molar-refractivity contribution in [1.82, 2.24) is 9.78 Å². The smallest absolute Gasteiger partial charge is 0.141 e. The molecule has 0 saturated carbocycles. The summed E-state index contributed by atoms with van der Waals surface area (Å²) in [5.41, 5.74) is 3.33. The molecular weight excluding hydrogens is 344 g/mol. The first-order valence-electron chi connectivity index (χ1n) is 9.52. The van der Waals surface area contributed by atoms with Crippen LogP contribution in [0.3, 0.4) is 0 Å². The Labute approximate surface area is 165 Å². The topological polar surface area (TPSA) is 38.0 Å². The molecule has 0 unspecified atom stereocenters. The van der Waals surface area contributed by atoms with E-state index in [4.69, 9.17) is 5.10 Å². The molecule has 4 rings (SSSR count). The highest BCUT2D eigenvalue weighted by molar-refractivity contribution is 5.42. The lowest BCUT2D eigenvalue weighted by molar-refractivity contribution is 0.0328. The van der Waals surface area contributed by atoms with Gasteiger partial charge in [0.05, 0.1) is 5.69 Å². The fourth-order valence-corrected chi connectivity index (χ4v) is 3.97. The van der Waals surface area contributed by atoms with Crippen molar-refractivity contribution in [1.29, 1.82) is 0 Å². The Morgan fingerprint density at radius 1 is 0.750 bits per heavy atom. The van der Waals surface area contributed by atoms with E-state index in [0.29, 0.717) is 0 Å². The molecule has 3 heteroatoms. The molecule has 0 aliphatic rings. The van der Waals surface area contributed by atoms with E-state index in [9.17, 15) is 5.11 Å². The molecule has 0 spiro atoms. The summed E-state index contributed by atoms with van der Waals surface area (Å²) in [5.74, 6) is 0. The predicted octanol–water partition coefficient (Wildman–Crippen LogP) is 5.03. The van der Waals surface area contributed by atoms with Crippen LogP contribution in [0.4, 0.5) is 0 Å². The maximum Gasteiger partial charge on any atom is 0.141 e. The largest absolute Gasteiger partial charge is 0.378 e. The molecule has 0 fully saturated rings. The molecule has 1 aromatic heterocycles. The molecule has 0 aliphatic heterocycles. The van der Waals surface area contributed by atoms with E-state index in [0.717, 1.165) is 28.1 Å². The van der Waals surface area contributed by atoms with Crippen molar-refractivity contribution in [3.8, 4) is 0 Å². The van der Waals surface area contributed by atoms with Crippen LogP contribution in [0.2, 0.25) is 0 Å². The van der Waals surface area contributed by atoms with Gasteiger partial charge in [0.15, 0.2) is 0 Å². The number of aromatic nitrogens is 2. The fraction of sp³-hybridized carbons (Fsp3) is 0.160. The van der Waals surface area contributed by atoms with E-state index in [1.54, 1.807) is 0 Å². The van der Waals surface area contributed by atoms with E-state index in [1.165, 1.54) is 0 Å². The average molecular weight is 368 g/mol. The monoisotopic (exact) mass is 368 g/mol. The van der Waals surface area contributed by atoms with Gasteiger partial charge < -0.3 is 5.11 Å². The van der Waals surface area contributed by atoms with Gasteiger partial charge in [-0.05, 0) is 36.6 Å². The van der Waals surface area contributed by atoms with Crippen LogP contribution < -0.4 is 0 Å². The van der Waals surface area contributed by atoms with Crippen LogP contribution >= 0.6 is 0 Å². The van der Waals surface area contributed by atoms with Gasteiger partial charge in [0.25, 0.3) is 0 Å². The minimum Gasteiger partial charge on any atom is -0.378 e. The Hall–Kier alpha value is -3.17. The second kappa shape index (κ2) is 7.45. The second-order valence-electron chi connectivity index (χ2n) is 7.18. The maximum atomic E-state index is 12.4. The van der Waals surface area contributed by atoms with Gasteiger partial charge in [-0.3, -0.25) is 4.68 Å². The molecule has 1 N–H and O–H groups in total. The summed E-state index contributed by atoms with van der Waals surface area (Å²) in [7, 11) is 0. The molecule has 0 aliphatic carbocycles. The molecule has 0 saturated heterocycles. The van der Waals surface area contributed by atoms with E-state index in [1.807, 2.05) is 103 Å². The maximum absolute atomic E-state index is 12.4. The molecule has 1 heterocycles. The molecule has 0 radical (unpaired) electrons. The average Bonchev–Trinajstić information content (AvgIpc) is 3.07. The predicted molar refractivity (Wildman–Crippen MR) is 112 cm³/mol. The van der Waals surface area contributed by atoms with Crippen molar-refractivity contribution >= 4 is 0 Å². The molecule has 0 bridgehead atoms. The first kappa shape index (κ1) is 18.2. The summed E-state index contributed by atoms with van der Waals surface area (Å²) in [6.45, 7) is 4.02. The van der Waals surface area contributed by atoms with Crippen LogP contribution in [0.25, 0.3) is 0 Å². The van der Waals surface area contributed by atoms with Gasteiger partial charge in [-0.15, -0.1) is 0 Å². The third-order valence-corrected chi connectivity index (χ3v) is 5.23. The Kier molecular flexibility index (Phi) is 4.84. The molecule has 3 nitrogen and oxygen atoms in total. The van der Waals surface area contributed by atoms with Crippen LogP contribution in [-0.2, 0) is 5.60 Å². The normalized spacial score (nSPS) is 12.7. The first-order valence-corrected chi connectivity index (χ1v) is 9.52. The van der Waals surface area contributed by atoms with E-state index >= 15 is 0 Å². The minimum atomic E-state index is -1.28. The van der Waals surface area contributed by atoms with Crippen LogP contribution in [0.15, 0.2) is 97.1 Å². The van der Waals surface area contributed by atoms with Gasteiger partial charge >= 0.3 is 0 Å². The Morgan fingerprint density at radius 3 is 1.64 bits per heavy atom. The molecule has 140 valence electrons. The van der Waals surface area contributed by atoms with Crippen LogP contribution in [-0.4, -0.2) is 14.9 Å². The van der Waals surface area contributed by atoms with Crippen LogP contribution in [0, 0.1) is 13.8 Å². The standard InChI is InChI=1S/C25H24N2O/c1-19-18-20(2)27(26-19)24(21-12-6-3-7-13-21)25(28,22-14-8-4-9-15-22)23-16-10-5-11-17-23/h3-18,24,28H,1-2H3/t24-/m1/s1. The zero-order chi connectivity index (χ0) is 19.6. The first-order chi connectivity index (χ1) is 13.6. The highest BCUT2D eigenvalue weighted by Gasteiger charge is 2.43. The molecule has 0 amide bonds. The highest BCUT2D eigenvalue weighted by atomic mass is 16.3. The number of rotatable bonds is 5. The Bertz CT molecular complexity index is 1000. The lowest BCUT2D eigenvalue weighted by atomic mass is 9.77. The third-order valence-electron chi connectivity index (χ3n) is 5.23. The van der Waals surface area contributed by atoms with Gasteiger partial charge in [-0.2, -0.15) is 5.10 Å². The summed E-state index contributed by atoms with van der Waals surface area (Å²) < 4.78 is 1.95. The Morgan fingerprint density at radius 2 is 1.21 bits per heavy atom. The molecular formula is C25H24N2O. The molecule has 1 atom stereocenters. The highest BCUT2D eigenvalue weighted by Crippen LogP contribution is 2.43. The number of aliphatic hydroxyl groups is 1. The SMILES string of the molecule is Cc1cc(C)n([C@H](c2ccccc2)C(O)(c2ccccc2)c2ccccc2)n1. The number of nitrogens with zero attached hydrogens (tertiary/aromatic N) is 2. The number of hydrogen-bond acceptors (Lipinski definition) is 2. The van der Waals surface area contributed by atoms with E-state index in [2.05, 4.69) is 12.1 Å². The zero-order valence-corrected chi connectivity index (χ0v) is 16.2. The van der Waals surface area contributed by atoms with Gasteiger partial charge in [-0.25, -0.2) is 0 Å². The third kappa shape index (κ3) is 3.14. The van der Waals surface area contributed by atoms with Crippen LogP contribution in [0.5, 0.6) is 0 Å². The van der Waals surface area contributed by atoms with E-state index < -0.39 is 11.6 Å². The number of hydrogen-bond donors (Lipinski definition) is 1. The van der Waals surface area contributed by atoms with Crippen molar-refractivity contribution in [3.05, 3.63) is 125 Å². The van der Waals surface area contributed by atoms with E-state index in [-0.39, 0.29) is 0 Å². The second-order valence-corrected chi connectivity index (χ2v) is 7.18. The Balaban J connectivity index is 2.04. The summed E-state index contributed by atoms with van der Waals surface area (Å²) in [4.78, 5) is 0. The van der Waals surface area contributed by atoms with Gasteiger partial charge in [0, 0.05) is 5.69 Å².